The summed E-state index contributed by atoms with van der Waals surface area (Å²) < 4.78 is 12.4. The predicted molar refractivity (Wildman–Crippen MR) is 190 cm³/mol. The van der Waals surface area contributed by atoms with E-state index in [4.69, 9.17) is 9.47 Å². The number of amides is 1. The number of rotatable bonds is 14. The Morgan fingerprint density at radius 3 is 1.37 bits per heavy atom. The van der Waals surface area contributed by atoms with Gasteiger partial charge in [-0.3, -0.25) is 4.79 Å². The number of carboxylic acids is 1. The number of hydrogen-bond acceptors (Lipinski definition) is 4. The van der Waals surface area contributed by atoms with E-state index in [0.29, 0.717) is 30.3 Å². The van der Waals surface area contributed by atoms with Crippen molar-refractivity contribution in [2.24, 2.45) is 0 Å². The molecule has 2 N–H and O–H groups in total. The molecular weight excluding hydrogens is 610 g/mol. The van der Waals surface area contributed by atoms with Crippen LogP contribution in [0.4, 0.5) is 0 Å². The quantitative estimate of drug-likeness (QED) is 0.117. The van der Waals surface area contributed by atoms with E-state index in [2.05, 4.69) is 5.32 Å². The fraction of sp³-hybridized carbons (Fsp3) is 0.116. The van der Waals surface area contributed by atoms with Crippen molar-refractivity contribution in [3.05, 3.63) is 203 Å². The molecule has 0 heterocycles. The maximum Gasteiger partial charge on any atom is 0.326 e. The lowest BCUT2D eigenvalue weighted by molar-refractivity contribution is -0.142. The topological polar surface area (TPSA) is 84.9 Å². The molecule has 6 rings (SSSR count). The van der Waals surface area contributed by atoms with Gasteiger partial charge >= 0.3 is 5.97 Å². The molecule has 244 valence electrons. The van der Waals surface area contributed by atoms with Gasteiger partial charge in [0.2, 0.25) is 5.91 Å². The van der Waals surface area contributed by atoms with E-state index in [1.165, 1.54) is 0 Å². The molecule has 0 bridgehead atoms. The van der Waals surface area contributed by atoms with Gasteiger partial charge in [-0.1, -0.05) is 158 Å². The molecule has 0 radical (unpaired) electrons. The summed E-state index contributed by atoms with van der Waals surface area (Å²) in [5.74, 6) is -0.560. The van der Waals surface area contributed by atoms with Gasteiger partial charge < -0.3 is 19.9 Å². The van der Waals surface area contributed by atoms with E-state index in [0.717, 1.165) is 27.8 Å². The van der Waals surface area contributed by atoms with Crippen molar-refractivity contribution in [3.8, 4) is 11.5 Å². The Morgan fingerprint density at radius 2 is 0.939 bits per heavy atom. The van der Waals surface area contributed by atoms with Crippen LogP contribution in [-0.4, -0.2) is 23.0 Å². The average Bonchev–Trinajstić information content (AvgIpc) is 3.16. The lowest BCUT2D eigenvalue weighted by Gasteiger charge is -2.35. The number of carboxylic acid groups (broad SMARTS) is 1. The van der Waals surface area contributed by atoms with Crippen molar-refractivity contribution < 1.29 is 24.2 Å². The van der Waals surface area contributed by atoms with Crippen molar-refractivity contribution in [1.29, 1.82) is 0 Å². The molecular formula is C43H37NO5. The van der Waals surface area contributed by atoms with Crippen LogP contribution in [0.2, 0.25) is 0 Å². The Balaban J connectivity index is 1.32. The van der Waals surface area contributed by atoms with Crippen LogP contribution in [0.5, 0.6) is 11.5 Å². The minimum absolute atomic E-state index is 0.0240. The highest BCUT2D eigenvalue weighted by Gasteiger charge is 2.45. The highest BCUT2D eigenvalue weighted by Crippen LogP contribution is 2.40. The van der Waals surface area contributed by atoms with Crippen LogP contribution in [-0.2, 0) is 34.6 Å². The van der Waals surface area contributed by atoms with Crippen LogP contribution in [0.1, 0.15) is 33.4 Å². The van der Waals surface area contributed by atoms with Crippen LogP contribution in [0.25, 0.3) is 0 Å². The van der Waals surface area contributed by atoms with Crippen molar-refractivity contribution in [2.75, 3.05) is 0 Å². The van der Waals surface area contributed by atoms with Gasteiger partial charge in [0.25, 0.3) is 0 Å². The molecule has 0 aromatic heterocycles. The number of benzene rings is 6. The van der Waals surface area contributed by atoms with Crippen molar-refractivity contribution in [2.45, 2.75) is 31.1 Å². The normalized spacial score (nSPS) is 11.7. The molecule has 1 atom stereocenters. The van der Waals surface area contributed by atoms with Gasteiger partial charge in [-0.05, 0) is 45.5 Å². The Kier molecular flexibility index (Phi) is 10.5. The molecule has 0 fully saturated rings. The second-order valence-corrected chi connectivity index (χ2v) is 11.7. The number of nitrogens with one attached hydrogen (secondary N) is 1. The molecule has 49 heavy (non-hydrogen) atoms. The Bertz CT molecular complexity index is 1850. The van der Waals surface area contributed by atoms with Crippen molar-refractivity contribution in [1.82, 2.24) is 5.32 Å². The second kappa shape index (κ2) is 15.6. The smallest absolute Gasteiger partial charge is 0.326 e. The lowest BCUT2D eigenvalue weighted by atomic mass is 9.68. The van der Waals surface area contributed by atoms with E-state index < -0.39 is 23.3 Å². The number of ether oxygens (including phenoxy) is 2. The van der Waals surface area contributed by atoms with Crippen molar-refractivity contribution in [3.63, 3.8) is 0 Å². The Hall–Kier alpha value is -6.14. The van der Waals surface area contributed by atoms with E-state index in [-0.39, 0.29) is 6.42 Å². The number of carbonyl (C=O) groups excluding carboxylic acids is 1. The third-order valence-corrected chi connectivity index (χ3v) is 8.49. The predicted octanol–water partition coefficient (Wildman–Crippen LogP) is 7.99. The van der Waals surface area contributed by atoms with Gasteiger partial charge in [0.1, 0.15) is 24.7 Å². The van der Waals surface area contributed by atoms with Crippen LogP contribution in [0, 0.1) is 0 Å². The molecule has 6 aromatic carbocycles. The van der Waals surface area contributed by atoms with Crippen LogP contribution < -0.4 is 14.8 Å². The Labute approximate surface area is 286 Å². The molecule has 0 unspecified atom stereocenters. The highest BCUT2D eigenvalue weighted by molar-refractivity contribution is 5.98. The summed E-state index contributed by atoms with van der Waals surface area (Å²) in [7, 11) is 0. The van der Waals surface area contributed by atoms with Gasteiger partial charge in [-0.15, -0.1) is 0 Å². The zero-order valence-electron chi connectivity index (χ0n) is 26.9. The average molecular weight is 648 g/mol. The first kappa shape index (κ1) is 32.8. The third-order valence-electron chi connectivity index (χ3n) is 8.49. The fourth-order valence-corrected chi connectivity index (χ4v) is 6.04. The van der Waals surface area contributed by atoms with Gasteiger partial charge in [-0.25, -0.2) is 4.79 Å². The summed E-state index contributed by atoms with van der Waals surface area (Å²) in [6.07, 6.45) is 0.0240. The van der Waals surface area contributed by atoms with Gasteiger partial charge in [0.05, 0.1) is 0 Å². The first-order valence-electron chi connectivity index (χ1n) is 16.2. The number of hydrogen-bond donors (Lipinski definition) is 2. The summed E-state index contributed by atoms with van der Waals surface area (Å²) in [4.78, 5) is 27.6. The van der Waals surface area contributed by atoms with E-state index in [1.54, 1.807) is 12.1 Å². The SMILES string of the molecule is O=C(O)[C@@H](Cc1ccc(OCc2ccccc2)c(OCc2ccccc2)c1)NC(=O)C(c1ccccc1)(c1ccccc1)c1ccccc1. The first-order chi connectivity index (χ1) is 24.0. The zero-order chi connectivity index (χ0) is 33.9. The maximum absolute atomic E-state index is 14.8. The minimum Gasteiger partial charge on any atom is -0.485 e. The number of aliphatic carboxylic acids is 1. The second-order valence-electron chi connectivity index (χ2n) is 11.7. The summed E-state index contributed by atoms with van der Waals surface area (Å²) in [5, 5.41) is 13.4. The number of carbonyl (C=O) groups is 2. The van der Waals surface area contributed by atoms with Crippen LogP contribution >= 0.6 is 0 Å². The third kappa shape index (κ3) is 7.71. The lowest BCUT2D eigenvalue weighted by Crippen LogP contribution is -2.52. The van der Waals surface area contributed by atoms with Crippen LogP contribution in [0.3, 0.4) is 0 Å². The standard InChI is InChI=1S/C43H37NO5/c45-41(46)38(44-42(47)43(35-20-10-3-11-21-35,36-22-12-4-13-23-36)37-24-14-5-15-25-37)28-34-26-27-39(48-30-32-16-6-1-7-17-32)40(29-34)49-31-33-18-8-2-9-19-33/h1-27,29,38H,28,30-31H2,(H,44,47)(H,45,46)/t38-/m1/s1. The van der Waals surface area contributed by atoms with Crippen molar-refractivity contribution >= 4 is 11.9 Å². The Morgan fingerprint density at radius 1 is 0.531 bits per heavy atom. The van der Waals surface area contributed by atoms with E-state index in [9.17, 15) is 14.7 Å². The van der Waals surface area contributed by atoms with Gasteiger partial charge in [0, 0.05) is 6.42 Å². The molecule has 1 amide bonds. The zero-order valence-corrected chi connectivity index (χ0v) is 26.9. The molecule has 6 aromatic rings. The molecule has 0 aliphatic heterocycles. The first-order valence-corrected chi connectivity index (χ1v) is 16.2. The van der Waals surface area contributed by atoms with Crippen LogP contribution in [0.15, 0.2) is 170 Å². The van der Waals surface area contributed by atoms with E-state index >= 15 is 0 Å². The minimum atomic E-state index is -1.31. The summed E-state index contributed by atoms with van der Waals surface area (Å²) in [6, 6.07) is 52.2. The van der Waals surface area contributed by atoms with Gasteiger partial charge in [0.15, 0.2) is 11.5 Å². The molecule has 0 aliphatic carbocycles. The summed E-state index contributed by atoms with van der Waals surface area (Å²) >= 11 is 0. The largest absolute Gasteiger partial charge is 0.485 e. The summed E-state index contributed by atoms with van der Waals surface area (Å²) in [6.45, 7) is 0.648. The highest BCUT2D eigenvalue weighted by atomic mass is 16.5. The molecule has 0 spiro atoms. The van der Waals surface area contributed by atoms with Gasteiger partial charge in [-0.2, -0.15) is 0 Å². The monoisotopic (exact) mass is 647 g/mol. The molecule has 6 heteroatoms. The molecule has 0 saturated carbocycles. The fourth-order valence-electron chi connectivity index (χ4n) is 6.04. The molecule has 0 aliphatic rings. The molecule has 0 saturated heterocycles. The summed E-state index contributed by atoms with van der Waals surface area (Å²) in [5.41, 5.74) is 3.54. The maximum atomic E-state index is 14.8. The van der Waals surface area contributed by atoms with E-state index in [1.807, 2.05) is 158 Å². The molecule has 6 nitrogen and oxygen atoms in total.